The van der Waals surface area contributed by atoms with Crippen LogP contribution in [0.3, 0.4) is 0 Å². The number of halogens is 1. The van der Waals surface area contributed by atoms with Gasteiger partial charge >= 0.3 is 0 Å². The topological polar surface area (TPSA) is 4.93 Å². The average Bonchev–Trinajstić information content (AvgIpc) is 2.91. The molecule has 1 heterocycles. The quantitative estimate of drug-likeness (QED) is 0.472. The number of nitrogens with zero attached hydrogens (tertiary/aromatic N) is 1. The SMILES string of the molecule is Cc1ccc(-c2ccn([Si](C(C)C)(C(C)C)C(C)C)c2)cc1Br. The van der Waals surface area contributed by atoms with E-state index in [9.17, 15) is 0 Å². The summed E-state index contributed by atoms with van der Waals surface area (Å²) in [5.41, 5.74) is 6.04. The molecule has 1 nitrogen and oxygen atoms in total. The van der Waals surface area contributed by atoms with E-state index in [0.717, 1.165) is 0 Å². The molecular weight excluding hydrogens is 362 g/mol. The van der Waals surface area contributed by atoms with Crippen LogP contribution in [0.25, 0.3) is 11.1 Å². The first kappa shape index (κ1) is 18.5. The predicted molar refractivity (Wildman–Crippen MR) is 109 cm³/mol. The van der Waals surface area contributed by atoms with E-state index in [1.807, 2.05) is 0 Å². The zero-order valence-corrected chi connectivity index (χ0v) is 18.1. The smallest absolute Gasteiger partial charge is 0.168 e. The van der Waals surface area contributed by atoms with Crippen LogP contribution in [0.2, 0.25) is 16.6 Å². The summed E-state index contributed by atoms with van der Waals surface area (Å²) in [5, 5.41) is 0. The maximum atomic E-state index is 3.66. The molecule has 0 atom stereocenters. The molecule has 0 radical (unpaired) electrons. The lowest BCUT2D eigenvalue weighted by atomic mass is 10.1. The van der Waals surface area contributed by atoms with Crippen LogP contribution in [-0.4, -0.2) is 12.5 Å². The highest BCUT2D eigenvalue weighted by Crippen LogP contribution is 2.43. The zero-order valence-electron chi connectivity index (χ0n) is 15.5. The minimum absolute atomic E-state index is 0.715. The second kappa shape index (κ2) is 6.98. The molecule has 0 spiro atoms. The van der Waals surface area contributed by atoms with Crippen LogP contribution in [-0.2, 0) is 0 Å². The fraction of sp³-hybridized carbons (Fsp3) is 0.500. The highest BCUT2D eigenvalue weighted by atomic mass is 79.9. The van der Waals surface area contributed by atoms with Crippen molar-refractivity contribution in [2.75, 3.05) is 0 Å². The Morgan fingerprint density at radius 1 is 0.870 bits per heavy atom. The van der Waals surface area contributed by atoms with Crippen molar-refractivity contribution in [3.63, 3.8) is 0 Å². The van der Waals surface area contributed by atoms with E-state index in [4.69, 9.17) is 0 Å². The first-order valence-electron chi connectivity index (χ1n) is 8.66. The minimum Gasteiger partial charge on any atom is -0.379 e. The number of rotatable bonds is 5. The van der Waals surface area contributed by atoms with E-state index in [2.05, 4.69) is 105 Å². The molecule has 0 unspecified atom stereocenters. The summed E-state index contributed by atoms with van der Waals surface area (Å²) in [7, 11) is -1.64. The van der Waals surface area contributed by atoms with Crippen LogP contribution in [0, 0.1) is 6.92 Å². The molecule has 2 rings (SSSR count). The Hall–Kier alpha value is -0.803. The molecule has 0 bridgehead atoms. The number of hydrogen-bond acceptors (Lipinski definition) is 0. The molecule has 126 valence electrons. The van der Waals surface area contributed by atoms with E-state index >= 15 is 0 Å². The Balaban J connectivity index is 2.52. The standard InChI is InChI=1S/C20H30BrNSi/c1-14(2)23(15(3)4,16(5)6)22-11-10-19(13-22)18-9-8-17(7)20(21)12-18/h8-16H,1-7H3. The molecule has 1 aromatic heterocycles. The summed E-state index contributed by atoms with van der Waals surface area (Å²) in [6.45, 7) is 16.6. The Bertz CT molecular complexity index is 648. The predicted octanol–water partition coefficient (Wildman–Crippen LogP) is 7.25. The van der Waals surface area contributed by atoms with Gasteiger partial charge in [-0.2, -0.15) is 0 Å². The van der Waals surface area contributed by atoms with Gasteiger partial charge in [-0.1, -0.05) is 69.6 Å². The van der Waals surface area contributed by atoms with Gasteiger partial charge in [0.25, 0.3) is 0 Å². The molecule has 0 amide bonds. The molecule has 1 aromatic carbocycles. The maximum Gasteiger partial charge on any atom is 0.168 e. The third-order valence-corrected chi connectivity index (χ3v) is 13.0. The van der Waals surface area contributed by atoms with E-state index in [1.165, 1.54) is 21.2 Å². The first-order chi connectivity index (χ1) is 10.7. The molecule has 23 heavy (non-hydrogen) atoms. The van der Waals surface area contributed by atoms with Crippen molar-refractivity contribution in [1.29, 1.82) is 0 Å². The van der Waals surface area contributed by atoms with Crippen LogP contribution < -0.4 is 0 Å². The van der Waals surface area contributed by atoms with Gasteiger partial charge in [-0.15, -0.1) is 0 Å². The van der Waals surface area contributed by atoms with Crippen molar-refractivity contribution in [3.8, 4) is 11.1 Å². The molecule has 0 aliphatic rings. The van der Waals surface area contributed by atoms with E-state index in [1.54, 1.807) is 0 Å². The fourth-order valence-corrected chi connectivity index (χ4v) is 11.3. The number of hydrogen-bond donors (Lipinski definition) is 0. The van der Waals surface area contributed by atoms with Gasteiger partial charge in [-0.25, -0.2) is 0 Å². The van der Waals surface area contributed by atoms with Crippen LogP contribution in [0.1, 0.15) is 47.1 Å². The Morgan fingerprint density at radius 3 is 1.91 bits per heavy atom. The molecule has 2 aromatic rings. The second-order valence-electron chi connectivity index (χ2n) is 7.62. The summed E-state index contributed by atoms with van der Waals surface area (Å²) >= 11 is 3.66. The van der Waals surface area contributed by atoms with Crippen molar-refractivity contribution < 1.29 is 0 Å². The van der Waals surface area contributed by atoms with Crippen molar-refractivity contribution in [2.45, 2.75) is 65.1 Å². The molecule has 0 saturated carbocycles. The highest BCUT2D eigenvalue weighted by Gasteiger charge is 2.44. The van der Waals surface area contributed by atoms with E-state index in [0.29, 0.717) is 16.6 Å². The lowest BCUT2D eigenvalue weighted by Crippen LogP contribution is -2.51. The van der Waals surface area contributed by atoms with Gasteiger partial charge in [-0.3, -0.25) is 0 Å². The van der Waals surface area contributed by atoms with Gasteiger partial charge < -0.3 is 4.23 Å². The van der Waals surface area contributed by atoms with Gasteiger partial charge in [0.1, 0.15) is 0 Å². The first-order valence-corrected chi connectivity index (χ1v) is 11.6. The highest BCUT2D eigenvalue weighted by molar-refractivity contribution is 9.10. The lowest BCUT2D eigenvalue weighted by molar-refractivity contribution is 0.766. The minimum atomic E-state index is -1.64. The van der Waals surface area contributed by atoms with Crippen molar-refractivity contribution in [3.05, 3.63) is 46.7 Å². The Morgan fingerprint density at radius 2 is 1.43 bits per heavy atom. The summed E-state index contributed by atoms with van der Waals surface area (Å²) in [6, 6.07) is 8.93. The summed E-state index contributed by atoms with van der Waals surface area (Å²) in [4.78, 5) is 0. The number of benzene rings is 1. The van der Waals surface area contributed by atoms with E-state index < -0.39 is 8.24 Å². The van der Waals surface area contributed by atoms with Gasteiger partial charge in [0, 0.05) is 10.7 Å². The maximum absolute atomic E-state index is 3.66. The number of aromatic nitrogens is 1. The lowest BCUT2D eigenvalue weighted by Gasteiger charge is -2.44. The van der Waals surface area contributed by atoms with Crippen molar-refractivity contribution in [2.24, 2.45) is 0 Å². The molecule has 0 aliphatic carbocycles. The molecule has 3 heteroatoms. The molecule has 0 N–H and O–H groups in total. The number of aryl methyl sites for hydroxylation is 1. The van der Waals surface area contributed by atoms with Crippen molar-refractivity contribution in [1.82, 2.24) is 4.23 Å². The molecule has 0 fully saturated rings. The van der Waals surface area contributed by atoms with Gasteiger partial charge in [-0.05, 0) is 58.6 Å². The normalized spacial score (nSPS) is 12.7. The summed E-state index contributed by atoms with van der Waals surface area (Å²) < 4.78 is 3.79. The summed E-state index contributed by atoms with van der Waals surface area (Å²) in [5.74, 6) is 0. The third kappa shape index (κ3) is 3.23. The second-order valence-corrected chi connectivity index (χ2v) is 14.2. The largest absolute Gasteiger partial charge is 0.379 e. The van der Waals surface area contributed by atoms with Crippen molar-refractivity contribution >= 4 is 24.2 Å². The monoisotopic (exact) mass is 391 g/mol. The average molecular weight is 392 g/mol. The fourth-order valence-electron chi connectivity index (χ4n) is 4.48. The zero-order chi connectivity index (χ0) is 17.4. The van der Waals surface area contributed by atoms with Gasteiger partial charge in [0.2, 0.25) is 0 Å². The Labute approximate surface area is 151 Å². The Kier molecular flexibility index (Phi) is 5.62. The van der Waals surface area contributed by atoms with Gasteiger partial charge in [0.05, 0.1) is 0 Å². The van der Waals surface area contributed by atoms with Crippen LogP contribution in [0.4, 0.5) is 0 Å². The molecule has 0 aliphatic heterocycles. The third-order valence-electron chi connectivity index (χ3n) is 5.42. The van der Waals surface area contributed by atoms with E-state index in [-0.39, 0.29) is 0 Å². The van der Waals surface area contributed by atoms with Crippen LogP contribution in [0.15, 0.2) is 41.1 Å². The molecule has 0 saturated heterocycles. The van der Waals surface area contributed by atoms with Gasteiger partial charge in [0.15, 0.2) is 8.24 Å². The van der Waals surface area contributed by atoms with Crippen LogP contribution >= 0.6 is 15.9 Å². The summed E-state index contributed by atoms with van der Waals surface area (Å²) in [6.07, 6.45) is 4.72. The molecular formula is C20H30BrNSi. The van der Waals surface area contributed by atoms with Crippen LogP contribution in [0.5, 0.6) is 0 Å².